The van der Waals surface area contributed by atoms with E-state index >= 15 is 0 Å². The number of hydrogen-bond donors (Lipinski definition) is 1. The van der Waals surface area contributed by atoms with E-state index in [9.17, 15) is 4.79 Å². The van der Waals surface area contributed by atoms with Crippen LogP contribution in [0.3, 0.4) is 0 Å². The van der Waals surface area contributed by atoms with Crippen molar-refractivity contribution in [1.82, 2.24) is 0 Å². The molecule has 0 heterocycles. The number of aryl methyl sites for hydroxylation is 1. The highest BCUT2D eigenvalue weighted by atomic mass is 32.2. The lowest BCUT2D eigenvalue weighted by molar-refractivity contribution is 0.270. The van der Waals surface area contributed by atoms with Crippen molar-refractivity contribution in [3.8, 4) is 0 Å². The number of para-hydroxylation sites is 1. The summed E-state index contributed by atoms with van der Waals surface area (Å²) in [6.45, 7) is 0. The van der Waals surface area contributed by atoms with E-state index < -0.39 is 0 Å². The first-order valence-corrected chi connectivity index (χ1v) is 7.36. The Kier molecular flexibility index (Phi) is 5.50. The highest BCUT2D eigenvalue weighted by Gasteiger charge is 2.02. The second-order valence-corrected chi connectivity index (χ2v) is 5.28. The molecule has 0 bridgehead atoms. The van der Waals surface area contributed by atoms with Crippen molar-refractivity contribution >= 4 is 22.7 Å². The number of amides is 1. The zero-order valence-electron chi connectivity index (χ0n) is 10.7. The van der Waals surface area contributed by atoms with Gasteiger partial charge in [-0.25, -0.2) is 0 Å². The predicted molar refractivity (Wildman–Crippen MR) is 82.7 cm³/mol. The minimum Gasteiger partial charge on any atom is -0.317 e. The van der Waals surface area contributed by atoms with Crippen LogP contribution in [0, 0.1) is 0 Å². The van der Waals surface area contributed by atoms with E-state index in [1.165, 1.54) is 17.3 Å². The van der Waals surface area contributed by atoms with Gasteiger partial charge in [-0.15, -0.1) is 0 Å². The summed E-state index contributed by atoms with van der Waals surface area (Å²) in [4.78, 5) is 11.7. The zero-order valence-corrected chi connectivity index (χ0v) is 11.5. The van der Waals surface area contributed by atoms with Crippen molar-refractivity contribution in [2.45, 2.75) is 12.8 Å². The molecule has 0 unspecified atom stereocenters. The Morgan fingerprint density at radius 3 is 2.26 bits per heavy atom. The van der Waals surface area contributed by atoms with Crippen molar-refractivity contribution in [1.29, 1.82) is 0 Å². The Labute approximate surface area is 118 Å². The first-order chi connectivity index (χ1) is 9.34. The third kappa shape index (κ3) is 5.18. The van der Waals surface area contributed by atoms with Gasteiger partial charge in [-0.3, -0.25) is 4.79 Å². The first-order valence-electron chi connectivity index (χ1n) is 6.37. The Bertz CT molecular complexity index is 499. The normalized spacial score (nSPS) is 10.1. The maximum Gasteiger partial charge on any atom is 0.283 e. The van der Waals surface area contributed by atoms with Gasteiger partial charge >= 0.3 is 0 Å². The van der Waals surface area contributed by atoms with Crippen molar-refractivity contribution < 1.29 is 4.79 Å². The van der Waals surface area contributed by atoms with Crippen molar-refractivity contribution in [2.24, 2.45) is 0 Å². The molecule has 0 fully saturated rings. The molecule has 2 aromatic rings. The van der Waals surface area contributed by atoms with Crippen LogP contribution in [-0.4, -0.2) is 11.0 Å². The number of rotatable bonds is 5. The fourth-order valence-corrected chi connectivity index (χ4v) is 2.43. The molecule has 1 amide bonds. The first kappa shape index (κ1) is 13.7. The highest BCUT2D eigenvalue weighted by Crippen LogP contribution is 2.13. The number of benzene rings is 2. The van der Waals surface area contributed by atoms with Crippen LogP contribution in [0.1, 0.15) is 12.0 Å². The van der Waals surface area contributed by atoms with Gasteiger partial charge in [0.05, 0.1) is 0 Å². The van der Waals surface area contributed by atoms with Gasteiger partial charge in [-0.1, -0.05) is 60.3 Å². The van der Waals surface area contributed by atoms with Crippen molar-refractivity contribution in [2.75, 3.05) is 11.1 Å². The van der Waals surface area contributed by atoms with Gasteiger partial charge in [-0.2, -0.15) is 0 Å². The summed E-state index contributed by atoms with van der Waals surface area (Å²) < 4.78 is 0. The molecule has 2 nitrogen and oxygen atoms in total. The van der Waals surface area contributed by atoms with Gasteiger partial charge in [0.25, 0.3) is 5.24 Å². The third-order valence-corrected chi connectivity index (χ3v) is 3.56. The second kappa shape index (κ2) is 7.64. The minimum atomic E-state index is 0.0132. The van der Waals surface area contributed by atoms with Gasteiger partial charge in [0.15, 0.2) is 0 Å². The molecule has 2 aromatic carbocycles. The summed E-state index contributed by atoms with van der Waals surface area (Å²) in [7, 11) is 0. The van der Waals surface area contributed by atoms with Gasteiger partial charge in [0.1, 0.15) is 0 Å². The molecule has 0 aliphatic carbocycles. The van der Waals surface area contributed by atoms with Gasteiger partial charge in [-0.05, 0) is 30.5 Å². The topological polar surface area (TPSA) is 29.1 Å². The van der Waals surface area contributed by atoms with Gasteiger partial charge < -0.3 is 5.32 Å². The van der Waals surface area contributed by atoms with E-state index in [0.717, 1.165) is 24.3 Å². The van der Waals surface area contributed by atoms with Crippen LogP contribution in [0.2, 0.25) is 0 Å². The SMILES string of the molecule is O=C(Nc1ccccc1)SCCCc1ccccc1. The average molecular weight is 271 g/mol. The fraction of sp³-hybridized carbons (Fsp3) is 0.188. The molecular formula is C16H17NOS. The number of thioether (sulfide) groups is 1. The predicted octanol–water partition coefficient (Wildman–Crippen LogP) is 4.58. The molecule has 0 aliphatic heterocycles. The molecule has 19 heavy (non-hydrogen) atoms. The van der Waals surface area contributed by atoms with E-state index in [1.807, 2.05) is 48.5 Å². The van der Waals surface area contributed by atoms with E-state index in [2.05, 4.69) is 17.4 Å². The summed E-state index contributed by atoms with van der Waals surface area (Å²) in [5.41, 5.74) is 2.18. The number of carbonyl (C=O) groups is 1. The number of hydrogen-bond acceptors (Lipinski definition) is 2. The standard InChI is InChI=1S/C16H17NOS/c18-16(17-15-11-5-2-6-12-15)19-13-7-10-14-8-3-1-4-9-14/h1-6,8-9,11-12H,7,10,13H2,(H,17,18). The molecule has 3 heteroatoms. The van der Waals surface area contributed by atoms with Crippen LogP contribution in [-0.2, 0) is 6.42 Å². The van der Waals surface area contributed by atoms with Crippen molar-refractivity contribution in [3.63, 3.8) is 0 Å². The number of anilines is 1. The Balaban J connectivity index is 1.65. The molecule has 0 aliphatic rings. The summed E-state index contributed by atoms with van der Waals surface area (Å²) >= 11 is 1.34. The molecule has 0 spiro atoms. The summed E-state index contributed by atoms with van der Waals surface area (Å²) in [5.74, 6) is 0.841. The van der Waals surface area contributed by atoms with Gasteiger partial charge in [0, 0.05) is 11.4 Å². The highest BCUT2D eigenvalue weighted by molar-refractivity contribution is 8.13. The zero-order chi connectivity index (χ0) is 13.3. The largest absolute Gasteiger partial charge is 0.317 e. The lowest BCUT2D eigenvalue weighted by atomic mass is 10.1. The summed E-state index contributed by atoms with van der Waals surface area (Å²) in [5, 5.41) is 2.88. The maximum atomic E-state index is 11.7. The lowest BCUT2D eigenvalue weighted by Gasteiger charge is -2.04. The quantitative estimate of drug-likeness (QED) is 0.806. The minimum absolute atomic E-state index is 0.0132. The third-order valence-electron chi connectivity index (χ3n) is 2.71. The van der Waals surface area contributed by atoms with Gasteiger partial charge in [0.2, 0.25) is 0 Å². The molecule has 0 aromatic heterocycles. The molecule has 0 saturated carbocycles. The summed E-state index contributed by atoms with van der Waals surface area (Å²) in [6, 6.07) is 19.9. The number of carbonyl (C=O) groups excluding carboxylic acids is 1. The smallest absolute Gasteiger partial charge is 0.283 e. The Morgan fingerprint density at radius 2 is 1.58 bits per heavy atom. The molecule has 1 N–H and O–H groups in total. The second-order valence-electron chi connectivity index (χ2n) is 4.22. The van der Waals surface area contributed by atoms with Crippen molar-refractivity contribution in [3.05, 3.63) is 66.2 Å². The van der Waals surface area contributed by atoms with E-state index in [-0.39, 0.29) is 5.24 Å². The van der Waals surface area contributed by atoms with Crippen LogP contribution in [0.15, 0.2) is 60.7 Å². The molecule has 98 valence electrons. The van der Waals surface area contributed by atoms with E-state index in [1.54, 1.807) is 0 Å². The maximum absolute atomic E-state index is 11.7. The molecule has 2 rings (SSSR count). The van der Waals surface area contributed by atoms with E-state index in [4.69, 9.17) is 0 Å². The Morgan fingerprint density at radius 1 is 0.947 bits per heavy atom. The van der Waals surface area contributed by atoms with Crippen LogP contribution < -0.4 is 5.32 Å². The summed E-state index contributed by atoms with van der Waals surface area (Å²) in [6.07, 6.45) is 2.03. The van der Waals surface area contributed by atoms with Crippen LogP contribution >= 0.6 is 11.8 Å². The molecule has 0 radical (unpaired) electrons. The molecule has 0 atom stereocenters. The monoisotopic (exact) mass is 271 g/mol. The van der Waals surface area contributed by atoms with Crippen LogP contribution in [0.5, 0.6) is 0 Å². The van der Waals surface area contributed by atoms with E-state index in [0.29, 0.717) is 0 Å². The fourth-order valence-electron chi connectivity index (χ4n) is 1.76. The van der Waals surface area contributed by atoms with Crippen LogP contribution in [0.25, 0.3) is 0 Å². The number of nitrogens with one attached hydrogen (secondary N) is 1. The molecule has 0 saturated heterocycles. The average Bonchev–Trinajstić information content (AvgIpc) is 2.46. The lowest BCUT2D eigenvalue weighted by Crippen LogP contribution is -2.05. The van der Waals surface area contributed by atoms with Crippen LogP contribution in [0.4, 0.5) is 10.5 Å². The molecular weight excluding hydrogens is 254 g/mol. The Hall–Kier alpha value is -1.74.